The SMILES string of the molecule is CN1CC[C@H](N(C)c2ccc(-n3ccc(OCc4ccc(Cl)cn4)cc3=O)c(=O)[nH]2)C1. The van der Waals surface area contributed by atoms with Gasteiger partial charge in [-0.1, -0.05) is 11.6 Å². The molecule has 4 heterocycles. The quantitative estimate of drug-likeness (QED) is 0.632. The van der Waals surface area contributed by atoms with Gasteiger partial charge in [0.15, 0.2) is 0 Å². The lowest BCUT2D eigenvalue weighted by Gasteiger charge is -2.26. The number of ether oxygens (including phenoxy) is 1. The number of aromatic amines is 1. The van der Waals surface area contributed by atoms with Crippen LogP contribution < -0.4 is 20.8 Å². The third-order valence-corrected chi connectivity index (χ3v) is 5.72. The van der Waals surface area contributed by atoms with Crippen LogP contribution in [0, 0.1) is 0 Å². The second-order valence-electron chi connectivity index (χ2n) is 7.70. The molecule has 0 bridgehead atoms. The molecule has 3 aromatic heterocycles. The minimum Gasteiger partial charge on any atom is -0.487 e. The first-order chi connectivity index (χ1) is 14.9. The van der Waals surface area contributed by atoms with E-state index in [4.69, 9.17) is 16.3 Å². The fraction of sp³-hybridized carbons (Fsp3) is 0.318. The maximum Gasteiger partial charge on any atom is 0.273 e. The van der Waals surface area contributed by atoms with Crippen molar-refractivity contribution in [3.8, 4) is 11.4 Å². The van der Waals surface area contributed by atoms with Crippen molar-refractivity contribution in [3.63, 3.8) is 0 Å². The van der Waals surface area contributed by atoms with E-state index in [1.165, 1.54) is 23.0 Å². The predicted molar refractivity (Wildman–Crippen MR) is 121 cm³/mol. The molecule has 3 aromatic rings. The second kappa shape index (κ2) is 8.95. The van der Waals surface area contributed by atoms with Gasteiger partial charge in [-0.05, 0) is 50.3 Å². The first kappa shape index (κ1) is 21.1. The van der Waals surface area contributed by atoms with E-state index in [0.717, 1.165) is 25.3 Å². The normalized spacial score (nSPS) is 16.4. The van der Waals surface area contributed by atoms with Crippen LogP contribution in [0.4, 0.5) is 5.82 Å². The van der Waals surface area contributed by atoms with Crippen LogP contribution in [0.15, 0.2) is 58.4 Å². The number of hydrogen-bond donors (Lipinski definition) is 1. The Labute approximate surface area is 184 Å². The Kier molecular flexibility index (Phi) is 6.11. The summed E-state index contributed by atoms with van der Waals surface area (Å²) in [4.78, 5) is 36.7. The van der Waals surface area contributed by atoms with Crippen LogP contribution in [0.2, 0.25) is 5.02 Å². The number of nitrogens with one attached hydrogen (secondary N) is 1. The second-order valence-corrected chi connectivity index (χ2v) is 8.14. The van der Waals surface area contributed by atoms with Gasteiger partial charge in [-0.25, -0.2) is 0 Å². The van der Waals surface area contributed by atoms with Crippen LogP contribution in [0.5, 0.6) is 5.75 Å². The van der Waals surface area contributed by atoms with Crippen molar-refractivity contribution >= 4 is 17.4 Å². The van der Waals surface area contributed by atoms with Gasteiger partial charge in [-0.2, -0.15) is 0 Å². The summed E-state index contributed by atoms with van der Waals surface area (Å²) in [6, 6.07) is 10.3. The highest BCUT2D eigenvalue weighted by molar-refractivity contribution is 6.30. The van der Waals surface area contributed by atoms with Crippen molar-refractivity contribution in [2.45, 2.75) is 19.1 Å². The molecule has 1 aliphatic heterocycles. The van der Waals surface area contributed by atoms with Gasteiger partial charge < -0.3 is 19.5 Å². The Hall–Kier alpha value is -3.10. The minimum absolute atomic E-state index is 0.207. The van der Waals surface area contributed by atoms with Crippen molar-refractivity contribution in [3.05, 3.63) is 80.2 Å². The first-order valence-corrected chi connectivity index (χ1v) is 10.4. The molecule has 0 aromatic carbocycles. The van der Waals surface area contributed by atoms with Crippen molar-refractivity contribution in [2.24, 2.45) is 0 Å². The largest absolute Gasteiger partial charge is 0.487 e. The number of H-pyrrole nitrogens is 1. The number of rotatable bonds is 6. The number of halogens is 1. The molecular formula is C22H24ClN5O3. The fourth-order valence-electron chi connectivity index (χ4n) is 3.67. The smallest absolute Gasteiger partial charge is 0.273 e. The maximum absolute atomic E-state index is 12.7. The van der Waals surface area contributed by atoms with E-state index in [9.17, 15) is 9.59 Å². The number of aromatic nitrogens is 3. The zero-order valence-electron chi connectivity index (χ0n) is 17.4. The molecule has 1 fully saturated rings. The molecule has 1 N–H and O–H groups in total. The molecule has 1 aliphatic rings. The number of nitrogens with zero attached hydrogens (tertiary/aromatic N) is 4. The molecular weight excluding hydrogens is 418 g/mol. The summed E-state index contributed by atoms with van der Waals surface area (Å²) < 4.78 is 6.94. The summed E-state index contributed by atoms with van der Waals surface area (Å²) >= 11 is 5.82. The Balaban J connectivity index is 1.49. The summed E-state index contributed by atoms with van der Waals surface area (Å²) in [6.45, 7) is 2.19. The minimum atomic E-state index is -0.356. The highest BCUT2D eigenvalue weighted by Crippen LogP contribution is 2.19. The first-order valence-electron chi connectivity index (χ1n) is 10.0. The van der Waals surface area contributed by atoms with Crippen LogP contribution in [0.3, 0.4) is 0 Å². The summed E-state index contributed by atoms with van der Waals surface area (Å²) in [5.41, 5.74) is 0.275. The predicted octanol–water partition coefficient (Wildman–Crippen LogP) is 2.29. The number of pyridine rings is 3. The van der Waals surface area contributed by atoms with E-state index in [-0.39, 0.29) is 23.4 Å². The summed E-state index contributed by atoms with van der Waals surface area (Å²) in [7, 11) is 4.06. The van der Waals surface area contributed by atoms with E-state index in [0.29, 0.717) is 22.5 Å². The average Bonchev–Trinajstić information content (AvgIpc) is 3.19. The number of hydrogen-bond acceptors (Lipinski definition) is 6. The topological polar surface area (TPSA) is 83.5 Å². The lowest BCUT2D eigenvalue weighted by atomic mass is 10.2. The summed E-state index contributed by atoms with van der Waals surface area (Å²) in [5, 5.41) is 0.546. The maximum atomic E-state index is 12.7. The fourth-order valence-corrected chi connectivity index (χ4v) is 3.79. The van der Waals surface area contributed by atoms with Gasteiger partial charge in [0.05, 0.1) is 10.7 Å². The molecule has 8 nitrogen and oxygen atoms in total. The molecule has 9 heteroatoms. The van der Waals surface area contributed by atoms with E-state index in [1.807, 2.05) is 13.1 Å². The Bertz CT molecular complexity index is 1170. The van der Waals surface area contributed by atoms with Crippen LogP contribution in [0.1, 0.15) is 12.1 Å². The van der Waals surface area contributed by atoms with Crippen LogP contribution in [-0.2, 0) is 6.61 Å². The lowest BCUT2D eigenvalue weighted by Crippen LogP contribution is -2.35. The Morgan fingerprint density at radius 1 is 1.26 bits per heavy atom. The molecule has 162 valence electrons. The molecule has 1 saturated heterocycles. The van der Waals surface area contributed by atoms with Gasteiger partial charge in [-0.3, -0.25) is 19.1 Å². The third-order valence-electron chi connectivity index (χ3n) is 5.49. The number of likely N-dealkylation sites (N-methyl/N-ethyl adjacent to an activating group) is 2. The highest BCUT2D eigenvalue weighted by atomic mass is 35.5. The molecule has 0 aliphatic carbocycles. The van der Waals surface area contributed by atoms with Crippen LogP contribution >= 0.6 is 11.6 Å². The molecule has 0 amide bonds. The average molecular weight is 442 g/mol. The van der Waals surface area contributed by atoms with Crippen molar-refractivity contribution < 1.29 is 4.74 Å². The van der Waals surface area contributed by atoms with Crippen LogP contribution in [0.25, 0.3) is 5.69 Å². The molecule has 4 rings (SSSR count). The van der Waals surface area contributed by atoms with E-state index >= 15 is 0 Å². The third kappa shape index (κ3) is 4.81. The lowest BCUT2D eigenvalue weighted by molar-refractivity contribution is 0.300. The molecule has 0 radical (unpaired) electrons. The van der Waals surface area contributed by atoms with Gasteiger partial charge in [0.1, 0.15) is 23.9 Å². The molecule has 0 spiro atoms. The monoisotopic (exact) mass is 441 g/mol. The summed E-state index contributed by atoms with van der Waals surface area (Å²) in [5.74, 6) is 1.13. The van der Waals surface area contributed by atoms with Gasteiger partial charge in [0.2, 0.25) is 0 Å². The van der Waals surface area contributed by atoms with Crippen molar-refractivity contribution in [1.29, 1.82) is 0 Å². The molecule has 0 unspecified atom stereocenters. The zero-order chi connectivity index (χ0) is 22.0. The Morgan fingerprint density at radius 3 is 2.74 bits per heavy atom. The zero-order valence-corrected chi connectivity index (χ0v) is 18.2. The number of likely N-dealkylation sites (tertiary alicyclic amines) is 1. The standard InChI is InChI=1S/C22H24ClN5O3/c1-26-9-7-17(13-26)27(2)20-6-5-19(22(30)25-20)28-10-8-18(11-21(28)29)31-14-16-4-3-15(23)12-24-16/h3-6,8,10-12,17H,7,9,13-14H2,1-2H3,(H,25,30)/t17-/m0/s1. The molecule has 31 heavy (non-hydrogen) atoms. The molecule has 0 saturated carbocycles. The Morgan fingerprint density at radius 2 is 2.10 bits per heavy atom. The van der Waals surface area contributed by atoms with Crippen molar-refractivity contribution in [1.82, 2.24) is 19.4 Å². The molecule has 1 atom stereocenters. The van der Waals surface area contributed by atoms with Crippen LogP contribution in [-0.4, -0.2) is 52.7 Å². The van der Waals surface area contributed by atoms with E-state index in [1.54, 1.807) is 24.3 Å². The van der Waals surface area contributed by atoms with E-state index < -0.39 is 0 Å². The van der Waals surface area contributed by atoms with Gasteiger partial charge in [0, 0.05) is 38.1 Å². The number of anilines is 1. The highest BCUT2D eigenvalue weighted by Gasteiger charge is 2.24. The van der Waals surface area contributed by atoms with Gasteiger partial charge in [-0.15, -0.1) is 0 Å². The van der Waals surface area contributed by atoms with Gasteiger partial charge in [0.25, 0.3) is 11.1 Å². The van der Waals surface area contributed by atoms with Gasteiger partial charge >= 0.3 is 0 Å². The summed E-state index contributed by atoms with van der Waals surface area (Å²) in [6.07, 6.45) is 4.12. The van der Waals surface area contributed by atoms with Crippen molar-refractivity contribution in [2.75, 3.05) is 32.1 Å². The van der Waals surface area contributed by atoms with E-state index in [2.05, 4.69) is 26.8 Å².